The van der Waals surface area contributed by atoms with E-state index in [2.05, 4.69) is 0 Å². The second-order valence-corrected chi connectivity index (χ2v) is 2.81. The van der Waals surface area contributed by atoms with Crippen molar-refractivity contribution >= 4 is 5.78 Å². The molecule has 14 heavy (non-hydrogen) atoms. The van der Waals surface area contributed by atoms with E-state index in [9.17, 15) is 4.79 Å². The summed E-state index contributed by atoms with van der Waals surface area (Å²) in [6.07, 6.45) is 0. The van der Waals surface area contributed by atoms with Crippen molar-refractivity contribution < 1.29 is 9.53 Å². The number of nitriles is 1. The molecule has 1 rings (SSSR count). The molecule has 0 atom stereocenters. The number of ether oxygens (including phenoxy) is 1. The van der Waals surface area contributed by atoms with E-state index in [0.717, 1.165) is 0 Å². The van der Waals surface area contributed by atoms with Crippen molar-refractivity contribution in [2.45, 2.75) is 13.8 Å². The second-order valence-electron chi connectivity index (χ2n) is 2.81. The van der Waals surface area contributed by atoms with E-state index < -0.39 is 0 Å². The van der Waals surface area contributed by atoms with Crippen molar-refractivity contribution in [3.63, 3.8) is 0 Å². The number of hydrogen-bond acceptors (Lipinski definition) is 3. The van der Waals surface area contributed by atoms with E-state index in [1.54, 1.807) is 18.2 Å². The molecule has 0 unspecified atom stereocenters. The molecule has 0 aliphatic rings. The van der Waals surface area contributed by atoms with Crippen LogP contribution in [0, 0.1) is 11.3 Å². The molecule has 0 amide bonds. The molecule has 1 aromatic carbocycles. The molecular weight excluding hydrogens is 178 g/mol. The molecule has 0 aliphatic heterocycles. The number of carbonyl (C=O) groups excluding carboxylic acids is 1. The van der Waals surface area contributed by atoms with E-state index in [1.807, 2.05) is 13.0 Å². The van der Waals surface area contributed by atoms with Crippen LogP contribution in [0.15, 0.2) is 18.2 Å². The van der Waals surface area contributed by atoms with Crippen LogP contribution in [0.1, 0.15) is 29.8 Å². The average molecular weight is 189 g/mol. The van der Waals surface area contributed by atoms with Crippen LogP contribution in [0.3, 0.4) is 0 Å². The molecule has 0 aromatic heterocycles. The van der Waals surface area contributed by atoms with Gasteiger partial charge in [0.25, 0.3) is 0 Å². The zero-order valence-corrected chi connectivity index (χ0v) is 8.20. The van der Waals surface area contributed by atoms with Crippen molar-refractivity contribution in [2.24, 2.45) is 0 Å². The predicted molar refractivity (Wildman–Crippen MR) is 52.3 cm³/mol. The molecular formula is C11H11NO2. The highest BCUT2D eigenvalue weighted by molar-refractivity contribution is 5.94. The van der Waals surface area contributed by atoms with Crippen LogP contribution in [-0.2, 0) is 0 Å². The van der Waals surface area contributed by atoms with Gasteiger partial charge in [0, 0.05) is 5.56 Å². The number of benzene rings is 1. The molecule has 0 fully saturated rings. The van der Waals surface area contributed by atoms with Gasteiger partial charge >= 0.3 is 0 Å². The van der Waals surface area contributed by atoms with Gasteiger partial charge < -0.3 is 4.74 Å². The standard InChI is InChI=1S/C11H11NO2/c1-3-14-11-6-9(8(2)13)4-5-10(11)7-12/h4-6H,3H2,1-2H3. The molecule has 0 N–H and O–H groups in total. The summed E-state index contributed by atoms with van der Waals surface area (Å²) < 4.78 is 5.24. The van der Waals surface area contributed by atoms with Gasteiger partial charge in [-0.15, -0.1) is 0 Å². The Bertz CT molecular complexity index is 391. The Hall–Kier alpha value is -1.82. The largest absolute Gasteiger partial charge is 0.492 e. The summed E-state index contributed by atoms with van der Waals surface area (Å²) in [5, 5.41) is 8.76. The van der Waals surface area contributed by atoms with Crippen LogP contribution >= 0.6 is 0 Å². The molecule has 0 saturated heterocycles. The average Bonchev–Trinajstić information content (AvgIpc) is 2.18. The van der Waals surface area contributed by atoms with Crippen molar-refractivity contribution in [1.82, 2.24) is 0 Å². The lowest BCUT2D eigenvalue weighted by Crippen LogP contribution is -1.98. The molecule has 0 heterocycles. The lowest BCUT2D eigenvalue weighted by Gasteiger charge is -2.05. The fourth-order valence-electron chi connectivity index (χ4n) is 1.11. The molecule has 3 nitrogen and oxygen atoms in total. The third kappa shape index (κ3) is 2.11. The van der Waals surface area contributed by atoms with Crippen molar-refractivity contribution in [3.05, 3.63) is 29.3 Å². The number of carbonyl (C=O) groups is 1. The lowest BCUT2D eigenvalue weighted by atomic mass is 10.1. The summed E-state index contributed by atoms with van der Waals surface area (Å²) in [6, 6.07) is 6.84. The summed E-state index contributed by atoms with van der Waals surface area (Å²) in [6.45, 7) is 3.80. The van der Waals surface area contributed by atoms with Gasteiger partial charge in [-0.2, -0.15) is 5.26 Å². The van der Waals surface area contributed by atoms with E-state index in [1.165, 1.54) is 6.92 Å². The number of hydrogen-bond donors (Lipinski definition) is 0. The first-order valence-corrected chi connectivity index (χ1v) is 4.37. The second kappa shape index (κ2) is 4.43. The van der Waals surface area contributed by atoms with Crippen LogP contribution in [0.4, 0.5) is 0 Å². The van der Waals surface area contributed by atoms with Gasteiger partial charge in [-0.3, -0.25) is 4.79 Å². The highest BCUT2D eigenvalue weighted by atomic mass is 16.5. The number of nitrogens with zero attached hydrogens (tertiary/aromatic N) is 1. The van der Waals surface area contributed by atoms with Gasteiger partial charge in [0.2, 0.25) is 0 Å². The monoisotopic (exact) mass is 189 g/mol. The van der Waals surface area contributed by atoms with Crippen LogP contribution in [0.2, 0.25) is 0 Å². The Morgan fingerprint density at radius 3 is 2.79 bits per heavy atom. The first kappa shape index (κ1) is 10.3. The molecule has 0 aliphatic carbocycles. The lowest BCUT2D eigenvalue weighted by molar-refractivity contribution is 0.101. The smallest absolute Gasteiger partial charge is 0.159 e. The molecule has 0 radical (unpaired) electrons. The molecule has 1 aromatic rings. The maximum atomic E-state index is 11.1. The topological polar surface area (TPSA) is 50.1 Å². The molecule has 0 spiro atoms. The van der Waals surface area contributed by atoms with Gasteiger partial charge in [0.05, 0.1) is 12.2 Å². The quantitative estimate of drug-likeness (QED) is 0.684. The van der Waals surface area contributed by atoms with Crippen LogP contribution < -0.4 is 4.74 Å². The molecule has 0 saturated carbocycles. The van der Waals surface area contributed by atoms with E-state index in [4.69, 9.17) is 10.00 Å². The Kier molecular flexibility index (Phi) is 3.24. The third-order valence-corrected chi connectivity index (χ3v) is 1.81. The molecule has 3 heteroatoms. The maximum Gasteiger partial charge on any atom is 0.159 e. The predicted octanol–water partition coefficient (Wildman–Crippen LogP) is 2.16. The minimum atomic E-state index is -0.0320. The van der Waals surface area contributed by atoms with Crippen molar-refractivity contribution in [2.75, 3.05) is 6.61 Å². The first-order chi connectivity index (χ1) is 6.69. The Morgan fingerprint density at radius 2 is 2.29 bits per heavy atom. The molecule has 72 valence electrons. The van der Waals surface area contributed by atoms with E-state index >= 15 is 0 Å². The van der Waals surface area contributed by atoms with Crippen LogP contribution in [-0.4, -0.2) is 12.4 Å². The fraction of sp³-hybridized carbons (Fsp3) is 0.273. The first-order valence-electron chi connectivity index (χ1n) is 4.37. The van der Waals surface area contributed by atoms with E-state index in [0.29, 0.717) is 23.5 Å². The highest BCUT2D eigenvalue weighted by Gasteiger charge is 2.06. The van der Waals surface area contributed by atoms with Crippen LogP contribution in [0.5, 0.6) is 5.75 Å². The van der Waals surface area contributed by atoms with Gasteiger partial charge in [-0.05, 0) is 32.0 Å². The SMILES string of the molecule is CCOc1cc(C(C)=O)ccc1C#N. The van der Waals surface area contributed by atoms with Gasteiger partial charge in [0.1, 0.15) is 11.8 Å². The van der Waals surface area contributed by atoms with E-state index in [-0.39, 0.29) is 5.78 Å². The highest BCUT2D eigenvalue weighted by Crippen LogP contribution is 2.19. The summed E-state index contributed by atoms with van der Waals surface area (Å²) >= 11 is 0. The fourth-order valence-corrected chi connectivity index (χ4v) is 1.11. The Labute approximate surface area is 82.9 Å². The number of Topliss-reactive ketones (excluding diaryl/α,β-unsaturated/α-hetero) is 1. The summed E-state index contributed by atoms with van der Waals surface area (Å²) in [4.78, 5) is 11.1. The molecule has 0 bridgehead atoms. The minimum absolute atomic E-state index is 0.0320. The maximum absolute atomic E-state index is 11.1. The summed E-state index contributed by atoms with van der Waals surface area (Å²) in [7, 11) is 0. The summed E-state index contributed by atoms with van der Waals surface area (Å²) in [5.41, 5.74) is 1.02. The van der Waals surface area contributed by atoms with Gasteiger partial charge in [-0.25, -0.2) is 0 Å². The van der Waals surface area contributed by atoms with Crippen molar-refractivity contribution in [3.8, 4) is 11.8 Å². The Balaban J connectivity index is 3.15. The minimum Gasteiger partial charge on any atom is -0.492 e. The van der Waals surface area contributed by atoms with Crippen molar-refractivity contribution in [1.29, 1.82) is 5.26 Å². The summed E-state index contributed by atoms with van der Waals surface area (Å²) in [5.74, 6) is 0.443. The van der Waals surface area contributed by atoms with Gasteiger partial charge in [0.15, 0.2) is 5.78 Å². The zero-order valence-electron chi connectivity index (χ0n) is 8.20. The van der Waals surface area contributed by atoms with Crippen LogP contribution in [0.25, 0.3) is 0 Å². The Morgan fingerprint density at radius 1 is 1.57 bits per heavy atom. The third-order valence-electron chi connectivity index (χ3n) is 1.81. The number of ketones is 1. The normalized spacial score (nSPS) is 9.21. The number of rotatable bonds is 3. The van der Waals surface area contributed by atoms with Gasteiger partial charge in [-0.1, -0.05) is 0 Å². The zero-order chi connectivity index (χ0) is 10.6.